The fraction of sp³-hybridized carbons (Fsp3) is 0.312. The maximum atomic E-state index is 12.5. The Labute approximate surface area is 111 Å². The molecule has 1 aromatic heterocycles. The summed E-state index contributed by atoms with van der Waals surface area (Å²) in [5.41, 5.74) is 4.53. The van der Waals surface area contributed by atoms with Crippen molar-refractivity contribution >= 4 is 17.1 Å². The predicted molar refractivity (Wildman–Crippen MR) is 75.7 cm³/mol. The maximum Gasteiger partial charge on any atom is 0.203 e. The summed E-state index contributed by atoms with van der Waals surface area (Å²) in [6, 6.07) is 8.16. The molecule has 0 spiro atoms. The van der Waals surface area contributed by atoms with Gasteiger partial charge in [0.05, 0.1) is 4.88 Å². The molecule has 0 amide bonds. The Bertz CT molecular complexity index is 601. The highest BCUT2D eigenvalue weighted by atomic mass is 32.1. The van der Waals surface area contributed by atoms with E-state index in [0.29, 0.717) is 0 Å². The van der Waals surface area contributed by atoms with Gasteiger partial charge < -0.3 is 0 Å². The summed E-state index contributed by atoms with van der Waals surface area (Å²) in [7, 11) is 0. The number of aryl methyl sites for hydroxylation is 4. The van der Waals surface area contributed by atoms with Gasteiger partial charge in [0.15, 0.2) is 0 Å². The summed E-state index contributed by atoms with van der Waals surface area (Å²) in [6.07, 6.45) is 3.55. The van der Waals surface area contributed by atoms with Gasteiger partial charge in [-0.25, -0.2) is 0 Å². The van der Waals surface area contributed by atoms with E-state index in [1.165, 1.54) is 22.4 Å². The molecule has 0 unspecified atom stereocenters. The van der Waals surface area contributed by atoms with Crippen molar-refractivity contribution in [2.45, 2.75) is 33.1 Å². The van der Waals surface area contributed by atoms with E-state index in [1.54, 1.807) is 11.3 Å². The highest BCUT2D eigenvalue weighted by molar-refractivity contribution is 7.14. The average Bonchev–Trinajstić information content (AvgIpc) is 2.87. The molecule has 2 aromatic rings. The molecule has 3 rings (SSSR count). The van der Waals surface area contributed by atoms with Crippen molar-refractivity contribution in [1.82, 2.24) is 0 Å². The minimum absolute atomic E-state index is 0.187. The maximum absolute atomic E-state index is 12.5. The number of hydrogen-bond acceptors (Lipinski definition) is 2. The predicted octanol–water partition coefficient (Wildman–Crippen LogP) is 4.08. The van der Waals surface area contributed by atoms with Crippen LogP contribution in [0.3, 0.4) is 0 Å². The van der Waals surface area contributed by atoms with E-state index in [1.807, 2.05) is 19.1 Å². The lowest BCUT2D eigenvalue weighted by molar-refractivity contribution is 0.104. The Balaban J connectivity index is 1.98. The molecule has 0 aliphatic heterocycles. The molecule has 0 N–H and O–H groups in total. The van der Waals surface area contributed by atoms with Gasteiger partial charge >= 0.3 is 0 Å². The third-order valence-corrected chi connectivity index (χ3v) is 4.83. The van der Waals surface area contributed by atoms with E-state index in [9.17, 15) is 4.79 Å². The van der Waals surface area contributed by atoms with Crippen LogP contribution in [-0.4, -0.2) is 5.78 Å². The molecule has 0 saturated carbocycles. The van der Waals surface area contributed by atoms with Crippen LogP contribution < -0.4 is 0 Å². The first-order valence-corrected chi connectivity index (χ1v) is 7.20. The number of carbonyl (C=O) groups excluding carboxylic acids is 1. The number of benzene rings is 1. The molecule has 0 saturated heterocycles. The summed E-state index contributed by atoms with van der Waals surface area (Å²) >= 11 is 1.69. The molecule has 1 heterocycles. The van der Waals surface area contributed by atoms with Gasteiger partial charge in [-0.05, 0) is 50.3 Å². The monoisotopic (exact) mass is 256 g/mol. The molecule has 0 atom stereocenters. The number of ketones is 1. The zero-order valence-corrected chi connectivity index (χ0v) is 11.6. The number of rotatable bonds is 2. The van der Waals surface area contributed by atoms with Crippen LogP contribution in [0.1, 0.15) is 43.2 Å². The van der Waals surface area contributed by atoms with Crippen molar-refractivity contribution in [1.29, 1.82) is 0 Å². The third kappa shape index (κ3) is 1.91. The highest BCUT2D eigenvalue weighted by Crippen LogP contribution is 2.32. The molecule has 0 radical (unpaired) electrons. The van der Waals surface area contributed by atoms with E-state index in [2.05, 4.69) is 19.1 Å². The summed E-state index contributed by atoms with van der Waals surface area (Å²) in [6.45, 7) is 4.07. The Morgan fingerprint density at radius 1 is 1.17 bits per heavy atom. The van der Waals surface area contributed by atoms with Crippen molar-refractivity contribution in [2.24, 2.45) is 0 Å². The molecule has 0 fully saturated rings. The Hall–Kier alpha value is -1.41. The largest absolute Gasteiger partial charge is 0.288 e. The van der Waals surface area contributed by atoms with Gasteiger partial charge in [0, 0.05) is 10.4 Å². The van der Waals surface area contributed by atoms with Gasteiger partial charge in [-0.2, -0.15) is 0 Å². The minimum Gasteiger partial charge on any atom is -0.288 e. The van der Waals surface area contributed by atoms with E-state index in [-0.39, 0.29) is 5.78 Å². The second-order valence-electron chi connectivity index (χ2n) is 5.06. The quantitative estimate of drug-likeness (QED) is 0.740. The summed E-state index contributed by atoms with van der Waals surface area (Å²) in [5, 5.41) is 0. The molecule has 1 aromatic carbocycles. The normalized spacial score (nSPS) is 13.7. The molecule has 18 heavy (non-hydrogen) atoms. The van der Waals surface area contributed by atoms with Crippen LogP contribution in [0.15, 0.2) is 24.3 Å². The van der Waals surface area contributed by atoms with Crippen LogP contribution in [0.5, 0.6) is 0 Å². The number of thiophene rings is 1. The summed E-state index contributed by atoms with van der Waals surface area (Å²) in [5.74, 6) is 0.187. The van der Waals surface area contributed by atoms with Gasteiger partial charge in [-0.1, -0.05) is 23.8 Å². The fourth-order valence-corrected chi connectivity index (χ4v) is 3.85. The number of hydrogen-bond donors (Lipinski definition) is 0. The van der Waals surface area contributed by atoms with E-state index in [4.69, 9.17) is 0 Å². The number of carbonyl (C=O) groups is 1. The molecule has 1 nitrogen and oxygen atoms in total. The molecule has 1 aliphatic rings. The van der Waals surface area contributed by atoms with Gasteiger partial charge in [0.25, 0.3) is 0 Å². The van der Waals surface area contributed by atoms with Crippen LogP contribution in [0.4, 0.5) is 0 Å². The molecule has 1 aliphatic carbocycles. The lowest BCUT2D eigenvalue weighted by atomic mass is 10.0. The van der Waals surface area contributed by atoms with Crippen LogP contribution in [0, 0.1) is 13.8 Å². The first-order chi connectivity index (χ1) is 8.65. The van der Waals surface area contributed by atoms with Crippen molar-refractivity contribution in [3.63, 3.8) is 0 Å². The average molecular weight is 256 g/mol. The van der Waals surface area contributed by atoms with Crippen molar-refractivity contribution in [3.8, 4) is 0 Å². The number of fused-ring (bicyclic) bond motifs is 1. The lowest BCUT2D eigenvalue weighted by Gasteiger charge is -2.04. The lowest BCUT2D eigenvalue weighted by Crippen LogP contribution is -2.01. The Morgan fingerprint density at radius 3 is 2.72 bits per heavy atom. The second kappa shape index (κ2) is 4.36. The summed E-state index contributed by atoms with van der Waals surface area (Å²) in [4.78, 5) is 14.8. The van der Waals surface area contributed by atoms with Gasteiger partial charge in [0.2, 0.25) is 5.78 Å². The Morgan fingerprint density at radius 2 is 2.00 bits per heavy atom. The third-order valence-electron chi connectivity index (χ3n) is 3.60. The second-order valence-corrected chi connectivity index (χ2v) is 6.20. The van der Waals surface area contributed by atoms with E-state index >= 15 is 0 Å². The van der Waals surface area contributed by atoms with Crippen LogP contribution in [-0.2, 0) is 12.8 Å². The smallest absolute Gasteiger partial charge is 0.203 e. The fourth-order valence-electron chi connectivity index (χ4n) is 2.64. The van der Waals surface area contributed by atoms with Crippen LogP contribution in [0.2, 0.25) is 0 Å². The molecule has 0 bridgehead atoms. The van der Waals surface area contributed by atoms with Gasteiger partial charge in [-0.15, -0.1) is 11.3 Å². The van der Waals surface area contributed by atoms with Crippen molar-refractivity contribution < 1.29 is 4.79 Å². The van der Waals surface area contributed by atoms with E-state index in [0.717, 1.165) is 28.8 Å². The summed E-state index contributed by atoms with van der Waals surface area (Å²) < 4.78 is 0. The first kappa shape index (κ1) is 11.7. The molecule has 2 heteroatoms. The standard InChI is InChI=1S/C16H16OS/c1-10-6-7-13(11(2)8-10)16(17)15-9-12-4-3-5-14(12)18-15/h6-9H,3-5H2,1-2H3. The van der Waals surface area contributed by atoms with Crippen LogP contribution in [0.25, 0.3) is 0 Å². The molecule has 92 valence electrons. The molecular formula is C16H16OS. The topological polar surface area (TPSA) is 17.1 Å². The first-order valence-electron chi connectivity index (χ1n) is 6.38. The van der Waals surface area contributed by atoms with E-state index < -0.39 is 0 Å². The van der Waals surface area contributed by atoms with Crippen molar-refractivity contribution in [3.05, 3.63) is 56.3 Å². The SMILES string of the molecule is Cc1ccc(C(=O)c2cc3c(s2)CCC3)c(C)c1. The van der Waals surface area contributed by atoms with Crippen LogP contribution >= 0.6 is 11.3 Å². The minimum atomic E-state index is 0.187. The van der Waals surface area contributed by atoms with Crippen molar-refractivity contribution in [2.75, 3.05) is 0 Å². The Kier molecular flexibility index (Phi) is 2.83. The molecular weight excluding hydrogens is 240 g/mol. The zero-order chi connectivity index (χ0) is 12.7. The zero-order valence-electron chi connectivity index (χ0n) is 10.7. The highest BCUT2D eigenvalue weighted by Gasteiger charge is 2.20. The van der Waals surface area contributed by atoms with Gasteiger partial charge in [0.1, 0.15) is 0 Å². The van der Waals surface area contributed by atoms with Gasteiger partial charge in [-0.3, -0.25) is 4.79 Å².